The van der Waals surface area contributed by atoms with Gasteiger partial charge in [-0.3, -0.25) is 4.57 Å². The molecule has 0 atom stereocenters. The van der Waals surface area contributed by atoms with Crippen LogP contribution in [0, 0.1) is 6.08 Å². The molecule has 12 heavy (non-hydrogen) atoms. The predicted molar refractivity (Wildman–Crippen MR) is 41.3 cm³/mol. The molecule has 0 bridgehead atoms. The molecule has 0 radical (unpaired) electrons. The molecule has 2 heterocycles. The largest absolute Gasteiger partial charge is 0.294 e. The van der Waals surface area contributed by atoms with E-state index in [4.69, 9.17) is 0 Å². The van der Waals surface area contributed by atoms with Crippen LogP contribution < -0.4 is 0 Å². The lowest BCUT2D eigenvalue weighted by atomic mass is 10.5. The average Bonchev–Trinajstić information content (AvgIpc) is 2.53. The SMILES string of the molecule is Fc1nccn1-c1ccccn1. The highest BCUT2D eigenvalue weighted by atomic mass is 19.1. The summed E-state index contributed by atoms with van der Waals surface area (Å²) in [6, 6.07) is 5.28. The minimum atomic E-state index is -0.547. The van der Waals surface area contributed by atoms with E-state index in [9.17, 15) is 4.39 Å². The summed E-state index contributed by atoms with van der Waals surface area (Å²) in [7, 11) is 0. The van der Waals surface area contributed by atoms with Gasteiger partial charge in [-0.1, -0.05) is 6.07 Å². The second kappa shape index (κ2) is 2.73. The van der Waals surface area contributed by atoms with Gasteiger partial charge in [-0.05, 0) is 12.1 Å². The van der Waals surface area contributed by atoms with Gasteiger partial charge < -0.3 is 0 Å². The van der Waals surface area contributed by atoms with E-state index in [0.29, 0.717) is 5.82 Å². The average molecular weight is 163 g/mol. The highest BCUT2D eigenvalue weighted by Gasteiger charge is 2.02. The number of imidazole rings is 1. The van der Waals surface area contributed by atoms with Gasteiger partial charge in [-0.15, -0.1) is 0 Å². The third-order valence-electron chi connectivity index (χ3n) is 1.49. The van der Waals surface area contributed by atoms with Crippen LogP contribution in [0.3, 0.4) is 0 Å². The maximum Gasteiger partial charge on any atom is 0.294 e. The molecule has 2 aromatic heterocycles. The van der Waals surface area contributed by atoms with Crippen molar-refractivity contribution in [1.82, 2.24) is 14.5 Å². The van der Waals surface area contributed by atoms with Crippen LogP contribution in [-0.2, 0) is 0 Å². The molecule has 3 nitrogen and oxygen atoms in total. The van der Waals surface area contributed by atoms with E-state index < -0.39 is 6.08 Å². The van der Waals surface area contributed by atoms with Gasteiger partial charge in [0.25, 0.3) is 6.08 Å². The number of hydrogen-bond donors (Lipinski definition) is 0. The van der Waals surface area contributed by atoms with Gasteiger partial charge in [0.2, 0.25) is 0 Å². The fourth-order valence-corrected chi connectivity index (χ4v) is 0.952. The van der Waals surface area contributed by atoms with Crippen molar-refractivity contribution < 1.29 is 4.39 Å². The van der Waals surface area contributed by atoms with Crippen molar-refractivity contribution in [2.24, 2.45) is 0 Å². The van der Waals surface area contributed by atoms with Crippen LogP contribution in [0.25, 0.3) is 5.82 Å². The zero-order valence-electron chi connectivity index (χ0n) is 6.18. The van der Waals surface area contributed by atoms with Gasteiger partial charge in [-0.25, -0.2) is 9.97 Å². The van der Waals surface area contributed by atoms with E-state index in [0.717, 1.165) is 0 Å². The molecule has 0 unspecified atom stereocenters. The summed E-state index contributed by atoms with van der Waals surface area (Å²) in [4.78, 5) is 7.41. The molecule has 0 aromatic carbocycles. The number of rotatable bonds is 1. The van der Waals surface area contributed by atoms with Crippen molar-refractivity contribution in [1.29, 1.82) is 0 Å². The second-order valence-corrected chi connectivity index (χ2v) is 2.25. The summed E-state index contributed by atoms with van der Waals surface area (Å²) in [5.74, 6) is 0.535. The topological polar surface area (TPSA) is 30.7 Å². The molecule has 2 rings (SSSR count). The first-order valence-electron chi connectivity index (χ1n) is 3.48. The van der Waals surface area contributed by atoms with Crippen LogP contribution >= 0.6 is 0 Å². The van der Waals surface area contributed by atoms with Gasteiger partial charge >= 0.3 is 0 Å². The second-order valence-electron chi connectivity index (χ2n) is 2.25. The maximum atomic E-state index is 12.8. The predicted octanol–water partition coefficient (Wildman–Crippen LogP) is 1.41. The quantitative estimate of drug-likeness (QED) is 0.636. The lowest BCUT2D eigenvalue weighted by Gasteiger charge is -1.98. The summed E-state index contributed by atoms with van der Waals surface area (Å²) in [6.45, 7) is 0. The molecule has 0 aliphatic carbocycles. The highest BCUT2D eigenvalue weighted by molar-refractivity contribution is 5.21. The Morgan fingerprint density at radius 2 is 2.08 bits per heavy atom. The summed E-state index contributed by atoms with van der Waals surface area (Å²) in [5.41, 5.74) is 0. The number of hydrogen-bond acceptors (Lipinski definition) is 2. The Balaban J connectivity index is 2.51. The first-order valence-corrected chi connectivity index (χ1v) is 3.48. The van der Waals surface area contributed by atoms with Crippen LogP contribution in [-0.4, -0.2) is 14.5 Å². The van der Waals surface area contributed by atoms with E-state index in [1.165, 1.54) is 17.0 Å². The van der Waals surface area contributed by atoms with E-state index >= 15 is 0 Å². The molecule has 0 amide bonds. The third kappa shape index (κ3) is 1.07. The molecule has 0 fully saturated rings. The molecule has 0 spiro atoms. The van der Waals surface area contributed by atoms with Gasteiger partial charge in [0.15, 0.2) is 0 Å². The first-order chi connectivity index (χ1) is 5.88. The summed E-state index contributed by atoms with van der Waals surface area (Å²) in [5, 5.41) is 0. The lowest BCUT2D eigenvalue weighted by molar-refractivity contribution is 0.520. The van der Waals surface area contributed by atoms with Crippen molar-refractivity contribution >= 4 is 0 Å². The molecular weight excluding hydrogens is 157 g/mol. The number of nitrogens with zero attached hydrogens (tertiary/aromatic N) is 3. The normalized spacial score (nSPS) is 10.1. The monoisotopic (exact) mass is 163 g/mol. The Bertz CT molecular complexity index is 369. The highest BCUT2D eigenvalue weighted by Crippen LogP contribution is 2.04. The molecule has 60 valence electrons. The molecule has 0 saturated heterocycles. The minimum Gasteiger partial charge on any atom is -0.260 e. The van der Waals surface area contributed by atoms with Gasteiger partial charge in [0, 0.05) is 18.6 Å². The summed E-state index contributed by atoms with van der Waals surface area (Å²) >= 11 is 0. The van der Waals surface area contributed by atoms with E-state index in [-0.39, 0.29) is 0 Å². The van der Waals surface area contributed by atoms with Crippen LogP contribution in [0.15, 0.2) is 36.8 Å². The van der Waals surface area contributed by atoms with Gasteiger partial charge in [0.05, 0.1) is 0 Å². The fraction of sp³-hybridized carbons (Fsp3) is 0. The zero-order valence-corrected chi connectivity index (χ0v) is 6.18. The first kappa shape index (κ1) is 6.97. The molecule has 4 heteroatoms. The summed E-state index contributed by atoms with van der Waals surface area (Å²) in [6.07, 6.45) is 3.98. The van der Waals surface area contributed by atoms with Crippen molar-refractivity contribution in [2.45, 2.75) is 0 Å². The Morgan fingerprint density at radius 3 is 2.67 bits per heavy atom. The van der Waals surface area contributed by atoms with Crippen molar-refractivity contribution in [2.75, 3.05) is 0 Å². The zero-order chi connectivity index (χ0) is 8.39. The Kier molecular flexibility index (Phi) is 1.59. The van der Waals surface area contributed by atoms with Crippen molar-refractivity contribution in [3.63, 3.8) is 0 Å². The Hall–Kier alpha value is -1.71. The van der Waals surface area contributed by atoms with E-state index in [1.54, 1.807) is 24.4 Å². The fourth-order valence-electron chi connectivity index (χ4n) is 0.952. The van der Waals surface area contributed by atoms with Crippen LogP contribution in [0.5, 0.6) is 0 Å². The smallest absolute Gasteiger partial charge is 0.260 e. The Labute approximate surface area is 68.5 Å². The van der Waals surface area contributed by atoms with E-state index in [1.807, 2.05) is 0 Å². The van der Waals surface area contributed by atoms with Gasteiger partial charge in [-0.2, -0.15) is 4.39 Å². The molecular formula is C8H6FN3. The summed E-state index contributed by atoms with van der Waals surface area (Å²) < 4.78 is 14.1. The lowest BCUT2D eigenvalue weighted by Crippen LogP contribution is -1.98. The molecule has 0 N–H and O–H groups in total. The van der Waals surface area contributed by atoms with E-state index in [2.05, 4.69) is 9.97 Å². The van der Waals surface area contributed by atoms with Crippen LogP contribution in [0.2, 0.25) is 0 Å². The van der Waals surface area contributed by atoms with Crippen LogP contribution in [0.1, 0.15) is 0 Å². The number of pyridine rings is 1. The molecule has 0 aliphatic rings. The number of halogens is 1. The molecule has 0 saturated carbocycles. The molecule has 2 aromatic rings. The minimum absolute atomic E-state index is 0.535. The standard InChI is InChI=1S/C8H6FN3/c9-8-11-5-6-12(8)7-3-1-2-4-10-7/h1-6H. The third-order valence-corrected chi connectivity index (χ3v) is 1.49. The van der Waals surface area contributed by atoms with Crippen molar-refractivity contribution in [3.05, 3.63) is 42.9 Å². The van der Waals surface area contributed by atoms with Gasteiger partial charge in [0.1, 0.15) is 5.82 Å². The van der Waals surface area contributed by atoms with Crippen LogP contribution in [0.4, 0.5) is 4.39 Å². The number of aromatic nitrogens is 3. The molecule has 0 aliphatic heterocycles. The Morgan fingerprint density at radius 1 is 1.17 bits per heavy atom. The van der Waals surface area contributed by atoms with Crippen molar-refractivity contribution in [3.8, 4) is 5.82 Å². The maximum absolute atomic E-state index is 12.8.